The minimum Gasteiger partial charge on any atom is -0.396 e. The minimum atomic E-state index is 0.641. The number of nitrogen functional groups attached to an aromatic ring is 1. The molecule has 0 spiro atoms. The molecule has 2 aromatic heterocycles. The molecule has 106 valence electrons. The number of nitrogens with zero attached hydrogens (tertiary/aromatic N) is 2. The molecule has 4 nitrogen and oxygen atoms in total. The molecule has 21 heavy (non-hydrogen) atoms. The van der Waals surface area contributed by atoms with Crippen LogP contribution in [-0.2, 0) is 6.54 Å². The van der Waals surface area contributed by atoms with Crippen LogP contribution in [0.25, 0.3) is 10.9 Å². The molecular formula is C16H15BrN4. The van der Waals surface area contributed by atoms with E-state index >= 15 is 0 Å². The van der Waals surface area contributed by atoms with E-state index in [0.29, 0.717) is 12.2 Å². The fraction of sp³-hybridized carbons (Fsp3) is 0.125. The molecule has 3 rings (SSSR count). The maximum Gasteiger partial charge on any atom is 0.0743 e. The first kappa shape index (κ1) is 13.8. The zero-order valence-corrected chi connectivity index (χ0v) is 13.2. The Labute approximate surface area is 131 Å². The molecule has 2 heterocycles. The highest BCUT2D eigenvalue weighted by Gasteiger charge is 2.08. The third-order valence-corrected chi connectivity index (χ3v) is 3.96. The van der Waals surface area contributed by atoms with Crippen molar-refractivity contribution in [3.63, 3.8) is 0 Å². The zero-order valence-electron chi connectivity index (χ0n) is 11.6. The van der Waals surface area contributed by atoms with Gasteiger partial charge < -0.3 is 11.1 Å². The number of aryl methyl sites for hydroxylation is 1. The Kier molecular flexibility index (Phi) is 3.75. The minimum absolute atomic E-state index is 0.641. The molecule has 5 heteroatoms. The van der Waals surface area contributed by atoms with Crippen LogP contribution in [0.15, 0.2) is 47.3 Å². The highest BCUT2D eigenvalue weighted by atomic mass is 79.9. The third-order valence-electron chi connectivity index (χ3n) is 3.46. The Morgan fingerprint density at radius 3 is 2.90 bits per heavy atom. The van der Waals surface area contributed by atoms with Crippen LogP contribution in [0.4, 0.5) is 11.4 Å². The summed E-state index contributed by atoms with van der Waals surface area (Å²) >= 11 is 3.49. The van der Waals surface area contributed by atoms with Crippen LogP contribution in [0.2, 0.25) is 0 Å². The van der Waals surface area contributed by atoms with Gasteiger partial charge in [-0.3, -0.25) is 9.97 Å². The predicted octanol–water partition coefficient (Wildman–Crippen LogP) is 3.90. The van der Waals surface area contributed by atoms with Crippen molar-refractivity contribution in [2.45, 2.75) is 13.5 Å². The number of rotatable bonds is 3. The number of hydrogen-bond donors (Lipinski definition) is 2. The first-order valence-electron chi connectivity index (χ1n) is 6.62. The van der Waals surface area contributed by atoms with E-state index in [-0.39, 0.29) is 0 Å². The summed E-state index contributed by atoms with van der Waals surface area (Å²) in [6.07, 6.45) is 5.36. The van der Waals surface area contributed by atoms with Crippen LogP contribution in [0.5, 0.6) is 0 Å². The average Bonchev–Trinajstić information content (AvgIpc) is 2.48. The lowest BCUT2D eigenvalue weighted by Gasteiger charge is -2.13. The summed E-state index contributed by atoms with van der Waals surface area (Å²) < 4.78 is 1.00. The Hall–Kier alpha value is -2.14. The summed E-state index contributed by atoms with van der Waals surface area (Å²) in [5, 5.41) is 4.42. The summed E-state index contributed by atoms with van der Waals surface area (Å²) in [4.78, 5) is 8.52. The number of benzene rings is 1. The lowest BCUT2D eigenvalue weighted by molar-refractivity contribution is 1.08. The number of hydrogen-bond acceptors (Lipinski definition) is 4. The third kappa shape index (κ3) is 2.83. The van der Waals surface area contributed by atoms with Crippen LogP contribution >= 0.6 is 15.9 Å². The summed E-state index contributed by atoms with van der Waals surface area (Å²) in [5.74, 6) is 0. The Morgan fingerprint density at radius 1 is 1.24 bits per heavy atom. The number of aromatic nitrogens is 2. The summed E-state index contributed by atoms with van der Waals surface area (Å²) in [7, 11) is 0. The van der Waals surface area contributed by atoms with E-state index in [4.69, 9.17) is 5.73 Å². The molecule has 0 fully saturated rings. The van der Waals surface area contributed by atoms with Gasteiger partial charge in [0.05, 0.1) is 23.1 Å². The molecule has 1 aromatic carbocycles. The molecule has 3 aromatic rings. The van der Waals surface area contributed by atoms with Crippen LogP contribution in [0.3, 0.4) is 0 Å². The van der Waals surface area contributed by atoms with Crippen molar-refractivity contribution < 1.29 is 0 Å². The maximum absolute atomic E-state index is 6.08. The van der Waals surface area contributed by atoms with E-state index in [1.165, 1.54) is 5.56 Å². The number of nitrogens with one attached hydrogen (secondary N) is 1. The number of halogens is 1. The van der Waals surface area contributed by atoms with Crippen LogP contribution in [0, 0.1) is 6.92 Å². The molecule has 0 unspecified atom stereocenters. The molecule has 0 atom stereocenters. The van der Waals surface area contributed by atoms with Gasteiger partial charge in [-0.05, 0) is 42.3 Å². The van der Waals surface area contributed by atoms with Crippen LogP contribution in [0.1, 0.15) is 11.1 Å². The van der Waals surface area contributed by atoms with Crippen LogP contribution in [-0.4, -0.2) is 9.97 Å². The second-order valence-electron chi connectivity index (χ2n) is 4.91. The van der Waals surface area contributed by atoms with E-state index in [0.717, 1.165) is 26.6 Å². The predicted molar refractivity (Wildman–Crippen MR) is 90.2 cm³/mol. The zero-order chi connectivity index (χ0) is 14.8. The molecule has 0 bridgehead atoms. The van der Waals surface area contributed by atoms with Crippen molar-refractivity contribution in [3.05, 3.63) is 58.5 Å². The van der Waals surface area contributed by atoms with Crippen molar-refractivity contribution in [3.8, 4) is 0 Å². The molecule has 0 saturated heterocycles. The lowest BCUT2D eigenvalue weighted by atomic mass is 10.1. The second kappa shape index (κ2) is 5.69. The van der Waals surface area contributed by atoms with Gasteiger partial charge in [0.15, 0.2) is 0 Å². The fourth-order valence-corrected chi connectivity index (χ4v) is 2.60. The van der Waals surface area contributed by atoms with Gasteiger partial charge in [0, 0.05) is 28.8 Å². The molecule has 0 aliphatic heterocycles. The van der Waals surface area contributed by atoms with Crippen molar-refractivity contribution in [2.24, 2.45) is 0 Å². The van der Waals surface area contributed by atoms with Gasteiger partial charge in [-0.1, -0.05) is 15.9 Å². The SMILES string of the molecule is Cc1ccncc1CNc1c(N)cnc2ccc(Br)cc12. The second-order valence-corrected chi connectivity index (χ2v) is 5.82. The number of nitrogens with two attached hydrogens (primary N) is 1. The quantitative estimate of drug-likeness (QED) is 0.757. The molecule has 0 saturated carbocycles. The Bertz CT molecular complexity index is 796. The standard InChI is InChI=1S/C16H15BrN4/c1-10-4-5-19-7-11(10)8-21-16-13-6-12(17)2-3-15(13)20-9-14(16)18/h2-7,9H,8,18H2,1H3,(H,20,21). The van der Waals surface area contributed by atoms with E-state index in [1.54, 1.807) is 12.4 Å². The van der Waals surface area contributed by atoms with Gasteiger partial charge in [-0.25, -0.2) is 0 Å². The Morgan fingerprint density at radius 2 is 2.10 bits per heavy atom. The highest BCUT2D eigenvalue weighted by molar-refractivity contribution is 9.10. The van der Waals surface area contributed by atoms with E-state index in [1.807, 2.05) is 30.5 Å². The van der Waals surface area contributed by atoms with E-state index in [9.17, 15) is 0 Å². The molecule has 3 N–H and O–H groups in total. The van der Waals surface area contributed by atoms with Gasteiger partial charge in [0.2, 0.25) is 0 Å². The van der Waals surface area contributed by atoms with Gasteiger partial charge in [0.25, 0.3) is 0 Å². The Balaban J connectivity index is 1.98. The van der Waals surface area contributed by atoms with E-state index in [2.05, 4.69) is 38.1 Å². The van der Waals surface area contributed by atoms with Gasteiger partial charge >= 0.3 is 0 Å². The average molecular weight is 343 g/mol. The van der Waals surface area contributed by atoms with Crippen LogP contribution < -0.4 is 11.1 Å². The van der Waals surface area contributed by atoms with E-state index < -0.39 is 0 Å². The fourth-order valence-electron chi connectivity index (χ4n) is 2.24. The smallest absolute Gasteiger partial charge is 0.0743 e. The maximum atomic E-state index is 6.08. The number of fused-ring (bicyclic) bond motifs is 1. The summed E-state index contributed by atoms with van der Waals surface area (Å²) in [6.45, 7) is 2.75. The number of anilines is 2. The monoisotopic (exact) mass is 342 g/mol. The molecule has 0 aliphatic carbocycles. The normalized spacial score (nSPS) is 10.8. The van der Waals surface area contributed by atoms with Gasteiger partial charge in [-0.2, -0.15) is 0 Å². The summed E-state index contributed by atoms with van der Waals surface area (Å²) in [5.41, 5.74) is 10.9. The molecule has 0 radical (unpaired) electrons. The molecular weight excluding hydrogens is 328 g/mol. The van der Waals surface area contributed by atoms with Crippen molar-refractivity contribution >= 4 is 38.2 Å². The highest BCUT2D eigenvalue weighted by Crippen LogP contribution is 2.30. The largest absolute Gasteiger partial charge is 0.396 e. The topological polar surface area (TPSA) is 63.8 Å². The first-order valence-corrected chi connectivity index (χ1v) is 7.41. The van der Waals surface area contributed by atoms with Gasteiger partial charge in [0.1, 0.15) is 0 Å². The van der Waals surface area contributed by atoms with Crippen molar-refractivity contribution in [2.75, 3.05) is 11.1 Å². The van der Waals surface area contributed by atoms with Gasteiger partial charge in [-0.15, -0.1) is 0 Å². The first-order chi connectivity index (χ1) is 10.1. The molecule has 0 amide bonds. The van der Waals surface area contributed by atoms with Crippen molar-refractivity contribution in [1.82, 2.24) is 9.97 Å². The van der Waals surface area contributed by atoms with Crippen molar-refractivity contribution in [1.29, 1.82) is 0 Å². The lowest BCUT2D eigenvalue weighted by Crippen LogP contribution is -2.05. The summed E-state index contributed by atoms with van der Waals surface area (Å²) in [6, 6.07) is 7.97. The molecule has 0 aliphatic rings. The number of pyridine rings is 2.